The average molecular weight is 300 g/mol. The number of amides is 1. The number of nitrogens with zero attached hydrogens (tertiary/aromatic N) is 2. The number of rotatable bonds is 8. The van der Waals surface area contributed by atoms with Gasteiger partial charge in [-0.1, -0.05) is 18.5 Å². The normalized spacial score (nSPS) is 10.4. The van der Waals surface area contributed by atoms with Crippen molar-refractivity contribution in [3.05, 3.63) is 22.8 Å². The highest BCUT2D eigenvalue weighted by Gasteiger charge is 2.16. The van der Waals surface area contributed by atoms with Crippen molar-refractivity contribution in [2.75, 3.05) is 38.7 Å². The summed E-state index contributed by atoms with van der Waals surface area (Å²) in [5.74, 6) is 0.537. The molecule has 0 unspecified atom stereocenters. The molecule has 0 radical (unpaired) electrons. The van der Waals surface area contributed by atoms with Gasteiger partial charge in [0.2, 0.25) is 0 Å². The van der Waals surface area contributed by atoms with Gasteiger partial charge in [-0.05, 0) is 19.4 Å². The van der Waals surface area contributed by atoms with Gasteiger partial charge >= 0.3 is 0 Å². The lowest BCUT2D eigenvalue weighted by Gasteiger charge is -2.18. The Hall–Kier alpha value is -1.33. The summed E-state index contributed by atoms with van der Waals surface area (Å²) in [7, 11) is 1.73. The standard InChI is InChI=1S/C14H22ClN3O2/c1-4-6-16-13-9-11(12(15)10-17-13)14(19)18(3)7-8-20-5-2/h9-10H,4-8H2,1-3H3,(H,16,17). The molecule has 0 bridgehead atoms. The van der Waals surface area contributed by atoms with E-state index in [-0.39, 0.29) is 5.91 Å². The highest BCUT2D eigenvalue weighted by atomic mass is 35.5. The molecule has 5 nitrogen and oxygen atoms in total. The zero-order valence-electron chi connectivity index (χ0n) is 12.3. The van der Waals surface area contributed by atoms with E-state index in [1.807, 2.05) is 6.92 Å². The van der Waals surface area contributed by atoms with Crippen molar-refractivity contribution in [3.63, 3.8) is 0 Å². The van der Waals surface area contributed by atoms with Crippen LogP contribution in [0, 0.1) is 0 Å². The Labute approximate surface area is 125 Å². The molecule has 0 aliphatic rings. The largest absolute Gasteiger partial charge is 0.380 e. The molecule has 0 atom stereocenters. The number of anilines is 1. The van der Waals surface area contributed by atoms with Gasteiger partial charge in [0.25, 0.3) is 5.91 Å². The average Bonchev–Trinajstić information content (AvgIpc) is 2.45. The van der Waals surface area contributed by atoms with Crippen molar-refractivity contribution in [2.45, 2.75) is 20.3 Å². The maximum absolute atomic E-state index is 12.3. The zero-order valence-corrected chi connectivity index (χ0v) is 13.0. The Morgan fingerprint density at radius 1 is 1.50 bits per heavy atom. The molecule has 0 saturated heterocycles. The van der Waals surface area contributed by atoms with Crippen LogP contribution in [0.4, 0.5) is 5.82 Å². The smallest absolute Gasteiger partial charge is 0.255 e. The predicted octanol–water partition coefficient (Wildman–Crippen LogP) is 2.67. The van der Waals surface area contributed by atoms with Gasteiger partial charge < -0.3 is 15.0 Å². The molecular formula is C14H22ClN3O2. The number of likely N-dealkylation sites (N-methyl/N-ethyl adjacent to an activating group) is 1. The van der Waals surface area contributed by atoms with Gasteiger partial charge in [0.1, 0.15) is 5.82 Å². The van der Waals surface area contributed by atoms with Gasteiger partial charge in [-0.2, -0.15) is 0 Å². The second kappa shape index (κ2) is 8.76. The van der Waals surface area contributed by atoms with E-state index in [0.717, 1.165) is 13.0 Å². The van der Waals surface area contributed by atoms with E-state index in [1.54, 1.807) is 18.0 Å². The minimum Gasteiger partial charge on any atom is -0.380 e. The van der Waals surface area contributed by atoms with Crippen LogP contribution in [0.15, 0.2) is 12.3 Å². The number of halogens is 1. The molecule has 1 heterocycles. The Kier molecular flexibility index (Phi) is 7.33. The van der Waals surface area contributed by atoms with Gasteiger partial charge in [0.15, 0.2) is 0 Å². The molecule has 20 heavy (non-hydrogen) atoms. The van der Waals surface area contributed by atoms with Crippen LogP contribution in [0.3, 0.4) is 0 Å². The molecule has 6 heteroatoms. The molecule has 1 amide bonds. The van der Waals surface area contributed by atoms with E-state index in [4.69, 9.17) is 16.3 Å². The lowest BCUT2D eigenvalue weighted by Crippen LogP contribution is -2.30. The van der Waals surface area contributed by atoms with Gasteiger partial charge in [-0.25, -0.2) is 4.98 Å². The fourth-order valence-electron chi connectivity index (χ4n) is 1.61. The number of nitrogens with one attached hydrogen (secondary N) is 1. The number of hydrogen-bond acceptors (Lipinski definition) is 4. The predicted molar refractivity (Wildman–Crippen MR) is 81.5 cm³/mol. The SMILES string of the molecule is CCCNc1cc(C(=O)N(C)CCOCC)c(Cl)cn1. The zero-order chi connectivity index (χ0) is 15.0. The minimum atomic E-state index is -0.128. The van der Waals surface area contributed by atoms with E-state index in [0.29, 0.717) is 36.2 Å². The van der Waals surface area contributed by atoms with Crippen LogP contribution in [0.1, 0.15) is 30.6 Å². The number of hydrogen-bond donors (Lipinski definition) is 1. The first-order chi connectivity index (χ1) is 9.60. The molecule has 1 aromatic rings. The Morgan fingerprint density at radius 3 is 2.90 bits per heavy atom. The molecule has 0 aromatic carbocycles. The van der Waals surface area contributed by atoms with Gasteiger partial charge in [-0.15, -0.1) is 0 Å². The lowest BCUT2D eigenvalue weighted by molar-refractivity contribution is 0.0710. The van der Waals surface area contributed by atoms with Crippen molar-refractivity contribution in [1.82, 2.24) is 9.88 Å². The van der Waals surface area contributed by atoms with Crippen molar-refractivity contribution < 1.29 is 9.53 Å². The Balaban J connectivity index is 2.74. The molecule has 0 spiro atoms. The second-order valence-electron chi connectivity index (χ2n) is 4.40. The summed E-state index contributed by atoms with van der Waals surface area (Å²) < 4.78 is 5.25. The van der Waals surface area contributed by atoms with E-state index < -0.39 is 0 Å². The summed E-state index contributed by atoms with van der Waals surface area (Å²) >= 11 is 6.06. The fraction of sp³-hybridized carbons (Fsp3) is 0.571. The third-order valence-corrected chi connectivity index (χ3v) is 3.06. The molecule has 1 N–H and O–H groups in total. The molecular weight excluding hydrogens is 278 g/mol. The third-order valence-electron chi connectivity index (χ3n) is 2.76. The van der Waals surface area contributed by atoms with E-state index >= 15 is 0 Å². The first kappa shape index (κ1) is 16.7. The minimum absolute atomic E-state index is 0.128. The summed E-state index contributed by atoms with van der Waals surface area (Å²) in [6.45, 7) is 6.49. The number of pyridine rings is 1. The molecule has 0 fully saturated rings. The third kappa shape index (κ3) is 4.98. The molecule has 1 rings (SSSR count). The lowest BCUT2D eigenvalue weighted by atomic mass is 10.2. The summed E-state index contributed by atoms with van der Waals surface area (Å²) in [5, 5.41) is 3.50. The van der Waals surface area contributed by atoms with Crippen LogP contribution in [0.5, 0.6) is 0 Å². The Bertz CT molecular complexity index is 440. The van der Waals surface area contributed by atoms with Crippen molar-refractivity contribution in [3.8, 4) is 0 Å². The van der Waals surface area contributed by atoms with Crippen LogP contribution in [-0.2, 0) is 4.74 Å². The second-order valence-corrected chi connectivity index (χ2v) is 4.81. The quantitative estimate of drug-likeness (QED) is 0.750. The van der Waals surface area contributed by atoms with E-state index in [2.05, 4.69) is 17.2 Å². The molecule has 0 saturated carbocycles. The highest BCUT2D eigenvalue weighted by molar-refractivity contribution is 6.33. The van der Waals surface area contributed by atoms with Crippen LogP contribution in [0.2, 0.25) is 5.02 Å². The van der Waals surface area contributed by atoms with Crippen LogP contribution in [0.25, 0.3) is 0 Å². The topological polar surface area (TPSA) is 54.5 Å². The van der Waals surface area contributed by atoms with Crippen LogP contribution >= 0.6 is 11.6 Å². The fourth-order valence-corrected chi connectivity index (χ4v) is 1.79. The summed E-state index contributed by atoms with van der Waals surface area (Å²) in [6.07, 6.45) is 2.49. The monoisotopic (exact) mass is 299 g/mol. The first-order valence-electron chi connectivity index (χ1n) is 6.82. The number of aromatic nitrogens is 1. The molecule has 0 aliphatic carbocycles. The van der Waals surface area contributed by atoms with Crippen molar-refractivity contribution in [2.24, 2.45) is 0 Å². The summed E-state index contributed by atoms with van der Waals surface area (Å²) in [5.41, 5.74) is 0.458. The van der Waals surface area contributed by atoms with E-state index in [9.17, 15) is 4.79 Å². The van der Waals surface area contributed by atoms with Crippen LogP contribution < -0.4 is 5.32 Å². The Morgan fingerprint density at radius 2 is 2.25 bits per heavy atom. The van der Waals surface area contributed by atoms with E-state index in [1.165, 1.54) is 6.20 Å². The summed E-state index contributed by atoms with van der Waals surface area (Å²) in [4.78, 5) is 18.1. The van der Waals surface area contributed by atoms with Crippen molar-refractivity contribution >= 4 is 23.3 Å². The highest BCUT2D eigenvalue weighted by Crippen LogP contribution is 2.19. The molecule has 1 aromatic heterocycles. The number of carbonyl (C=O) groups is 1. The number of carbonyl (C=O) groups excluding carboxylic acids is 1. The van der Waals surface area contributed by atoms with Gasteiger partial charge in [-0.3, -0.25) is 4.79 Å². The maximum atomic E-state index is 12.3. The molecule has 112 valence electrons. The number of ether oxygens (including phenoxy) is 1. The van der Waals surface area contributed by atoms with Gasteiger partial charge in [0.05, 0.1) is 17.2 Å². The van der Waals surface area contributed by atoms with Crippen molar-refractivity contribution in [1.29, 1.82) is 0 Å². The molecule has 0 aliphatic heterocycles. The first-order valence-corrected chi connectivity index (χ1v) is 7.20. The van der Waals surface area contributed by atoms with Crippen LogP contribution in [-0.4, -0.2) is 49.1 Å². The van der Waals surface area contributed by atoms with Gasteiger partial charge in [0, 0.05) is 32.9 Å². The summed E-state index contributed by atoms with van der Waals surface area (Å²) in [6, 6.07) is 1.69. The maximum Gasteiger partial charge on any atom is 0.255 e.